The fourth-order valence-corrected chi connectivity index (χ4v) is 6.20. The second-order valence-corrected chi connectivity index (χ2v) is 12.2. The summed E-state index contributed by atoms with van der Waals surface area (Å²) in [7, 11) is 0. The van der Waals surface area contributed by atoms with Gasteiger partial charge in [0.2, 0.25) is 0 Å². The molecular formula is C33H37ClN2O5. The van der Waals surface area contributed by atoms with Gasteiger partial charge in [-0.2, -0.15) is 0 Å². The molecule has 3 aliphatic heterocycles. The number of fused-ring (bicyclic) bond motifs is 1. The molecule has 0 amide bonds. The van der Waals surface area contributed by atoms with E-state index >= 15 is 0 Å². The normalized spacial score (nSPS) is 21.8. The molecule has 0 radical (unpaired) electrons. The number of nitrogens with one attached hydrogen (secondary N) is 1. The summed E-state index contributed by atoms with van der Waals surface area (Å²) in [4.78, 5) is 13.7. The first-order chi connectivity index (χ1) is 19.8. The van der Waals surface area contributed by atoms with E-state index in [4.69, 9.17) is 21.1 Å². The van der Waals surface area contributed by atoms with E-state index in [1.54, 1.807) is 0 Å². The van der Waals surface area contributed by atoms with Crippen LogP contribution in [0.3, 0.4) is 0 Å². The number of carboxylic acid groups (broad SMARTS) is 1. The average molecular weight is 577 g/mol. The summed E-state index contributed by atoms with van der Waals surface area (Å²) in [6, 6.07) is 13.4. The minimum absolute atomic E-state index is 0.145. The number of nitrogens with zero attached hydrogens (tertiary/aromatic N) is 1. The zero-order valence-electron chi connectivity index (χ0n) is 23.2. The van der Waals surface area contributed by atoms with Crippen molar-refractivity contribution in [2.75, 3.05) is 39.4 Å². The number of dihydropyridines is 1. The third-order valence-corrected chi connectivity index (χ3v) is 9.09. The van der Waals surface area contributed by atoms with Crippen LogP contribution in [0.1, 0.15) is 49.7 Å². The molecule has 0 spiro atoms. The number of carbonyl (C=O) groups is 1. The second kappa shape index (κ2) is 11.6. The Balaban J connectivity index is 1.16. The summed E-state index contributed by atoms with van der Waals surface area (Å²) >= 11 is 6.05. The number of aliphatic carboxylic acids is 1. The molecule has 1 aliphatic carbocycles. The van der Waals surface area contributed by atoms with E-state index in [9.17, 15) is 15.0 Å². The van der Waals surface area contributed by atoms with E-state index in [-0.39, 0.29) is 11.8 Å². The molecule has 8 heteroatoms. The minimum Gasteiger partial charge on any atom is -0.493 e. The van der Waals surface area contributed by atoms with Gasteiger partial charge in [0.1, 0.15) is 18.1 Å². The third-order valence-electron chi connectivity index (χ3n) is 8.83. The summed E-state index contributed by atoms with van der Waals surface area (Å²) in [5.41, 5.74) is 4.18. The Labute approximate surface area is 246 Å². The van der Waals surface area contributed by atoms with Crippen LogP contribution in [0.15, 0.2) is 72.0 Å². The Morgan fingerprint density at radius 2 is 1.90 bits per heavy atom. The highest BCUT2D eigenvalue weighted by atomic mass is 35.5. The molecule has 0 atom stereocenters. The van der Waals surface area contributed by atoms with E-state index in [1.165, 1.54) is 0 Å². The number of ether oxygens (including phenoxy) is 2. The van der Waals surface area contributed by atoms with E-state index in [0.29, 0.717) is 31.1 Å². The molecule has 2 fully saturated rings. The number of hydrogen-bond donors (Lipinski definition) is 3. The van der Waals surface area contributed by atoms with Gasteiger partial charge in [-0.05, 0) is 73.6 Å². The molecule has 3 N–H and O–H groups in total. The molecule has 2 aromatic rings. The lowest BCUT2D eigenvalue weighted by molar-refractivity contribution is -0.138. The highest BCUT2D eigenvalue weighted by Crippen LogP contribution is 2.49. The van der Waals surface area contributed by atoms with Crippen molar-refractivity contribution in [2.24, 2.45) is 5.41 Å². The predicted molar refractivity (Wildman–Crippen MR) is 159 cm³/mol. The van der Waals surface area contributed by atoms with Gasteiger partial charge in [0, 0.05) is 47.8 Å². The summed E-state index contributed by atoms with van der Waals surface area (Å²) < 4.78 is 12.4. The number of likely N-dealkylation sites (tertiary alicyclic amines) is 1. The number of halogens is 1. The van der Waals surface area contributed by atoms with E-state index < -0.39 is 11.6 Å². The van der Waals surface area contributed by atoms with Crippen molar-refractivity contribution in [1.29, 1.82) is 0 Å². The number of benzene rings is 2. The first kappa shape index (κ1) is 27.9. The van der Waals surface area contributed by atoms with Crippen LogP contribution < -0.4 is 14.8 Å². The first-order valence-electron chi connectivity index (χ1n) is 14.5. The van der Waals surface area contributed by atoms with Gasteiger partial charge in [-0.15, -0.1) is 0 Å². The van der Waals surface area contributed by atoms with Crippen molar-refractivity contribution in [3.05, 3.63) is 88.1 Å². The van der Waals surface area contributed by atoms with Gasteiger partial charge in [0.25, 0.3) is 0 Å². The van der Waals surface area contributed by atoms with Crippen LogP contribution in [-0.4, -0.2) is 60.5 Å². The van der Waals surface area contributed by atoms with Crippen molar-refractivity contribution in [3.8, 4) is 11.5 Å². The zero-order valence-corrected chi connectivity index (χ0v) is 24.0. The number of hydrogen-bond acceptors (Lipinski definition) is 6. The van der Waals surface area contributed by atoms with Gasteiger partial charge in [0.15, 0.2) is 0 Å². The maximum Gasteiger partial charge on any atom is 0.304 e. The fraction of sp³-hybridized carbons (Fsp3) is 0.424. The summed E-state index contributed by atoms with van der Waals surface area (Å²) in [6.07, 6.45) is 10.7. The van der Waals surface area contributed by atoms with Crippen LogP contribution in [0.5, 0.6) is 11.5 Å². The molecule has 4 aliphatic rings. The number of carboxylic acids is 1. The largest absolute Gasteiger partial charge is 0.493 e. The summed E-state index contributed by atoms with van der Waals surface area (Å²) in [5.74, 6) is 0.765. The predicted octanol–water partition coefficient (Wildman–Crippen LogP) is 5.54. The Morgan fingerprint density at radius 1 is 1.12 bits per heavy atom. The number of allylic oxidation sites excluding steroid dienone is 3. The first-order valence-corrected chi connectivity index (χ1v) is 14.9. The van der Waals surface area contributed by atoms with Crippen molar-refractivity contribution in [3.63, 3.8) is 0 Å². The van der Waals surface area contributed by atoms with Crippen molar-refractivity contribution < 1.29 is 24.5 Å². The smallest absolute Gasteiger partial charge is 0.304 e. The molecular weight excluding hydrogens is 540 g/mol. The molecule has 1 saturated heterocycles. The quantitative estimate of drug-likeness (QED) is 0.361. The lowest BCUT2D eigenvalue weighted by Gasteiger charge is -2.38. The number of piperidine rings is 1. The summed E-state index contributed by atoms with van der Waals surface area (Å²) in [6.45, 7) is 4.20. The zero-order chi connectivity index (χ0) is 28.5. The van der Waals surface area contributed by atoms with E-state index in [2.05, 4.69) is 28.4 Å². The van der Waals surface area contributed by atoms with E-state index in [0.717, 1.165) is 84.9 Å². The number of aliphatic hydroxyl groups is 1. The SMILES string of the molecule is O=C(O)CC1(COc2ccc3c(c2)/C(=C/CCN2CCC(O)(c4ccc(Cl)cc4)CC2)C2=C(CO3)NCC=C2)CC1. The highest BCUT2D eigenvalue weighted by molar-refractivity contribution is 6.30. The standard InChI is InChI=1S/C33H37ClN2O5/c34-24-7-5-23(6-8-24)33(39)13-17-36(18-14-33)16-2-4-26-27-3-1-15-35-29(27)21-40-30-10-9-25(19-28(26)30)41-22-32(11-12-32)20-31(37)38/h1,3-10,19,35,39H,2,11-18,20-22H2,(H,37,38)/b26-4+. The molecule has 41 heavy (non-hydrogen) atoms. The van der Waals surface area contributed by atoms with Gasteiger partial charge in [-0.3, -0.25) is 4.79 Å². The van der Waals surface area contributed by atoms with Crippen LogP contribution >= 0.6 is 11.6 Å². The average Bonchev–Trinajstić information content (AvgIpc) is 3.75. The van der Waals surface area contributed by atoms with Gasteiger partial charge in [-0.1, -0.05) is 42.0 Å². The molecule has 6 rings (SSSR count). The fourth-order valence-electron chi connectivity index (χ4n) is 6.08. The maximum atomic E-state index is 11.3. The molecule has 0 bridgehead atoms. The van der Waals surface area contributed by atoms with Crippen LogP contribution in [0.2, 0.25) is 5.02 Å². The van der Waals surface area contributed by atoms with Crippen LogP contribution in [0.25, 0.3) is 5.57 Å². The van der Waals surface area contributed by atoms with Gasteiger partial charge in [-0.25, -0.2) is 0 Å². The van der Waals surface area contributed by atoms with Gasteiger partial charge < -0.3 is 29.9 Å². The van der Waals surface area contributed by atoms with E-state index in [1.807, 2.05) is 42.5 Å². The van der Waals surface area contributed by atoms with Crippen molar-refractivity contribution >= 4 is 23.1 Å². The molecule has 7 nitrogen and oxygen atoms in total. The van der Waals surface area contributed by atoms with Crippen LogP contribution in [0, 0.1) is 5.41 Å². The molecule has 0 aromatic heterocycles. The van der Waals surface area contributed by atoms with Crippen molar-refractivity contribution in [1.82, 2.24) is 10.2 Å². The van der Waals surface area contributed by atoms with Gasteiger partial charge >= 0.3 is 5.97 Å². The Kier molecular flexibility index (Phi) is 7.86. The maximum absolute atomic E-state index is 11.3. The number of rotatable bonds is 9. The topological polar surface area (TPSA) is 91.3 Å². The minimum atomic E-state index is -0.810. The van der Waals surface area contributed by atoms with Gasteiger partial charge in [0.05, 0.1) is 24.3 Å². The molecule has 3 heterocycles. The monoisotopic (exact) mass is 576 g/mol. The van der Waals surface area contributed by atoms with Crippen LogP contribution in [-0.2, 0) is 10.4 Å². The van der Waals surface area contributed by atoms with Crippen LogP contribution in [0.4, 0.5) is 0 Å². The second-order valence-electron chi connectivity index (χ2n) is 11.8. The molecule has 216 valence electrons. The highest BCUT2D eigenvalue weighted by Gasteiger charge is 2.45. The lowest BCUT2D eigenvalue weighted by Crippen LogP contribution is -2.42. The molecule has 1 saturated carbocycles. The Morgan fingerprint density at radius 3 is 2.63 bits per heavy atom. The molecule has 2 aromatic carbocycles. The Hall–Kier alpha value is -3.26. The Bertz CT molecular complexity index is 1380. The lowest BCUT2D eigenvalue weighted by atomic mass is 9.84. The third kappa shape index (κ3) is 6.32. The molecule has 0 unspecified atom stereocenters. The summed E-state index contributed by atoms with van der Waals surface area (Å²) in [5, 5.41) is 24.7. The van der Waals surface area contributed by atoms with Crippen molar-refractivity contribution in [2.45, 2.75) is 44.1 Å².